The fourth-order valence-electron chi connectivity index (χ4n) is 1.71. The van der Waals surface area contributed by atoms with Crippen molar-refractivity contribution in [2.75, 3.05) is 0 Å². The summed E-state index contributed by atoms with van der Waals surface area (Å²) in [7, 11) is -3.76. The minimum Gasteiger partial charge on any atom is -0.478 e. The molecule has 2 N–H and O–H groups in total. The van der Waals surface area contributed by atoms with Crippen LogP contribution in [0, 0.1) is 13.8 Å². The molecular weight excluding hydrogens is 266 g/mol. The third-order valence-electron chi connectivity index (χ3n) is 2.74. The molecule has 104 valence electrons. The predicted octanol–water partition coefficient (Wildman–Crippen LogP) is 1.85. The van der Waals surface area contributed by atoms with Crippen LogP contribution in [-0.2, 0) is 10.0 Å². The largest absolute Gasteiger partial charge is 0.478 e. The lowest BCUT2D eigenvalue weighted by Gasteiger charge is -2.14. The van der Waals surface area contributed by atoms with Gasteiger partial charge in [-0.1, -0.05) is 12.1 Å². The van der Waals surface area contributed by atoms with Crippen molar-refractivity contribution < 1.29 is 18.3 Å². The minimum atomic E-state index is -3.76. The molecule has 1 atom stereocenters. The highest BCUT2D eigenvalue weighted by atomic mass is 32.2. The van der Waals surface area contributed by atoms with Crippen molar-refractivity contribution in [3.63, 3.8) is 0 Å². The number of hydrogen-bond acceptors (Lipinski definition) is 3. The molecule has 1 aromatic rings. The second-order valence-corrected chi connectivity index (χ2v) is 6.07. The van der Waals surface area contributed by atoms with Gasteiger partial charge >= 0.3 is 5.97 Å². The summed E-state index contributed by atoms with van der Waals surface area (Å²) in [5.41, 5.74) is 1.02. The highest BCUT2D eigenvalue weighted by Crippen LogP contribution is 2.21. The van der Waals surface area contributed by atoms with Gasteiger partial charge in [0.2, 0.25) is 10.0 Å². The molecule has 0 fully saturated rings. The average molecular weight is 283 g/mol. The Morgan fingerprint density at radius 3 is 2.42 bits per heavy atom. The van der Waals surface area contributed by atoms with Gasteiger partial charge in [-0.3, -0.25) is 0 Å². The second-order valence-electron chi connectivity index (χ2n) is 4.38. The maximum atomic E-state index is 12.2. The van der Waals surface area contributed by atoms with Gasteiger partial charge in [-0.15, -0.1) is 6.58 Å². The van der Waals surface area contributed by atoms with Crippen LogP contribution in [0.5, 0.6) is 0 Å². The number of benzene rings is 1. The van der Waals surface area contributed by atoms with E-state index in [-0.39, 0.29) is 10.5 Å². The molecule has 1 unspecified atom stereocenters. The summed E-state index contributed by atoms with van der Waals surface area (Å²) in [5, 5.41) is 9.04. The molecule has 5 nitrogen and oxygen atoms in total. The number of aryl methyl sites for hydroxylation is 2. The lowest BCUT2D eigenvalue weighted by molar-refractivity contribution is 0.0696. The smallest absolute Gasteiger partial charge is 0.335 e. The number of carbonyl (C=O) groups is 1. The molecule has 0 heterocycles. The summed E-state index contributed by atoms with van der Waals surface area (Å²) >= 11 is 0. The molecule has 0 bridgehead atoms. The van der Waals surface area contributed by atoms with E-state index < -0.39 is 22.0 Å². The van der Waals surface area contributed by atoms with E-state index in [0.29, 0.717) is 11.1 Å². The van der Waals surface area contributed by atoms with Crippen molar-refractivity contribution >= 4 is 16.0 Å². The van der Waals surface area contributed by atoms with Crippen LogP contribution < -0.4 is 4.72 Å². The Morgan fingerprint density at radius 1 is 1.37 bits per heavy atom. The normalized spacial score (nSPS) is 13.0. The zero-order valence-corrected chi connectivity index (χ0v) is 11.9. The third kappa shape index (κ3) is 3.42. The molecule has 0 amide bonds. The Hall–Kier alpha value is -1.66. The van der Waals surface area contributed by atoms with Crippen molar-refractivity contribution in [2.24, 2.45) is 0 Å². The number of rotatable bonds is 5. The van der Waals surface area contributed by atoms with Gasteiger partial charge < -0.3 is 5.11 Å². The fraction of sp³-hybridized carbons (Fsp3) is 0.308. The van der Waals surface area contributed by atoms with Crippen molar-refractivity contribution in [2.45, 2.75) is 31.7 Å². The number of carboxylic acids is 1. The highest BCUT2D eigenvalue weighted by molar-refractivity contribution is 7.89. The molecule has 19 heavy (non-hydrogen) atoms. The average Bonchev–Trinajstić information content (AvgIpc) is 2.27. The Morgan fingerprint density at radius 2 is 1.95 bits per heavy atom. The molecule has 0 spiro atoms. The maximum Gasteiger partial charge on any atom is 0.335 e. The Balaban J connectivity index is 3.38. The lowest BCUT2D eigenvalue weighted by atomic mass is 10.1. The summed E-state index contributed by atoms with van der Waals surface area (Å²) in [6.45, 7) is 8.41. The van der Waals surface area contributed by atoms with E-state index in [4.69, 9.17) is 5.11 Å². The topological polar surface area (TPSA) is 83.5 Å². The van der Waals surface area contributed by atoms with Gasteiger partial charge in [0.05, 0.1) is 10.5 Å². The van der Waals surface area contributed by atoms with E-state index >= 15 is 0 Å². The van der Waals surface area contributed by atoms with Gasteiger partial charge in [0.1, 0.15) is 0 Å². The first-order chi connectivity index (χ1) is 8.69. The molecule has 0 saturated heterocycles. The highest BCUT2D eigenvalue weighted by Gasteiger charge is 2.21. The Kier molecular flexibility index (Phi) is 4.49. The number of hydrogen-bond donors (Lipinski definition) is 2. The van der Waals surface area contributed by atoms with Crippen LogP contribution in [0.3, 0.4) is 0 Å². The number of carboxylic acid groups (broad SMARTS) is 1. The van der Waals surface area contributed by atoms with Crippen molar-refractivity contribution in [1.82, 2.24) is 4.72 Å². The first-order valence-corrected chi connectivity index (χ1v) is 7.16. The first-order valence-electron chi connectivity index (χ1n) is 5.68. The van der Waals surface area contributed by atoms with Gasteiger partial charge in [0.15, 0.2) is 0 Å². The molecule has 0 radical (unpaired) electrons. The molecule has 0 aliphatic carbocycles. The van der Waals surface area contributed by atoms with Gasteiger partial charge in [0.25, 0.3) is 0 Å². The molecule has 0 aliphatic heterocycles. The number of nitrogens with one attached hydrogen (secondary N) is 1. The summed E-state index contributed by atoms with van der Waals surface area (Å²) in [6.07, 6.45) is 1.46. The summed E-state index contributed by atoms with van der Waals surface area (Å²) in [4.78, 5) is 11.0. The van der Waals surface area contributed by atoms with Crippen LogP contribution in [0.15, 0.2) is 29.7 Å². The summed E-state index contributed by atoms with van der Waals surface area (Å²) in [6, 6.07) is 2.31. The first kappa shape index (κ1) is 15.4. The zero-order chi connectivity index (χ0) is 14.8. The quantitative estimate of drug-likeness (QED) is 0.808. The van der Waals surface area contributed by atoms with Gasteiger partial charge in [-0.25, -0.2) is 17.9 Å². The Labute approximate surface area is 113 Å². The SMILES string of the molecule is C=CC(C)NS(=O)(=O)c1cc(C(=O)O)c(C)cc1C. The van der Waals surface area contributed by atoms with Crippen molar-refractivity contribution in [3.05, 3.63) is 41.5 Å². The summed E-state index contributed by atoms with van der Waals surface area (Å²) in [5.74, 6) is -1.15. The van der Waals surface area contributed by atoms with E-state index in [0.717, 1.165) is 0 Å². The van der Waals surface area contributed by atoms with E-state index in [1.54, 1.807) is 26.8 Å². The van der Waals surface area contributed by atoms with Crippen molar-refractivity contribution in [3.8, 4) is 0 Å². The maximum absolute atomic E-state index is 12.2. The van der Waals surface area contributed by atoms with Gasteiger partial charge in [-0.05, 0) is 38.0 Å². The van der Waals surface area contributed by atoms with Gasteiger partial charge in [-0.2, -0.15) is 0 Å². The monoisotopic (exact) mass is 283 g/mol. The number of aromatic carboxylic acids is 1. The predicted molar refractivity (Wildman–Crippen MR) is 72.9 cm³/mol. The second kappa shape index (κ2) is 5.54. The van der Waals surface area contributed by atoms with Crippen LogP contribution in [0.2, 0.25) is 0 Å². The lowest BCUT2D eigenvalue weighted by Crippen LogP contribution is -2.31. The zero-order valence-electron chi connectivity index (χ0n) is 11.1. The molecule has 0 saturated carbocycles. The molecule has 1 aromatic carbocycles. The van der Waals surface area contributed by atoms with E-state index in [1.807, 2.05) is 0 Å². The number of sulfonamides is 1. The molecule has 0 aromatic heterocycles. The molecule has 1 rings (SSSR count). The third-order valence-corrected chi connectivity index (χ3v) is 4.44. The Bertz CT molecular complexity index is 620. The van der Waals surface area contributed by atoms with E-state index in [1.165, 1.54) is 12.1 Å². The van der Waals surface area contributed by atoms with Crippen molar-refractivity contribution in [1.29, 1.82) is 0 Å². The molecule has 6 heteroatoms. The fourth-order valence-corrected chi connectivity index (χ4v) is 3.18. The van der Waals surface area contributed by atoms with Crippen LogP contribution in [0.25, 0.3) is 0 Å². The van der Waals surface area contributed by atoms with Gasteiger partial charge in [0, 0.05) is 6.04 Å². The van der Waals surface area contributed by atoms with Crippen LogP contribution >= 0.6 is 0 Å². The van der Waals surface area contributed by atoms with E-state index in [9.17, 15) is 13.2 Å². The summed E-state index contributed by atoms with van der Waals surface area (Å²) < 4.78 is 26.7. The molecule has 0 aliphatic rings. The van der Waals surface area contributed by atoms with Crippen LogP contribution in [0.1, 0.15) is 28.4 Å². The molecular formula is C13H17NO4S. The van der Waals surface area contributed by atoms with Crippen LogP contribution in [-0.4, -0.2) is 25.5 Å². The minimum absolute atomic E-state index is 0.0165. The van der Waals surface area contributed by atoms with Crippen LogP contribution in [0.4, 0.5) is 0 Å². The van der Waals surface area contributed by atoms with E-state index in [2.05, 4.69) is 11.3 Å². The standard InChI is InChI=1S/C13H17NO4S/c1-5-10(4)14-19(17,18)12-7-11(13(15)16)8(2)6-9(12)3/h5-7,10,14H,1H2,2-4H3,(H,15,16).